The Kier molecular flexibility index (Phi) is 3.86. The fraction of sp³-hybridized carbons (Fsp3) is 0.647. The third kappa shape index (κ3) is 2.88. The summed E-state index contributed by atoms with van der Waals surface area (Å²) in [4.78, 5) is 0. The van der Waals surface area contributed by atoms with Gasteiger partial charge in [0.2, 0.25) is 0 Å². The lowest BCUT2D eigenvalue weighted by molar-refractivity contribution is -0.0133. The molecule has 1 aromatic rings. The average Bonchev–Trinajstić information content (AvgIpc) is 2.18. The Morgan fingerprint density at radius 3 is 1.50 bits per heavy atom. The van der Waals surface area contributed by atoms with E-state index in [-0.39, 0.29) is 16.2 Å². The zero-order valence-corrected chi connectivity index (χ0v) is 13.0. The number of hydrogen-bond donors (Lipinski definition) is 1. The van der Waals surface area contributed by atoms with Crippen LogP contribution in [0.5, 0.6) is 5.75 Å². The van der Waals surface area contributed by atoms with Crippen LogP contribution >= 0.6 is 0 Å². The summed E-state index contributed by atoms with van der Waals surface area (Å²) < 4.78 is 0. The second kappa shape index (κ2) is 4.60. The topological polar surface area (TPSA) is 20.2 Å². The molecule has 0 bridgehead atoms. The molecule has 0 radical (unpaired) electrons. The normalized spacial score (nSPS) is 13.7. The number of phenolic OH excluding ortho intramolecular Hbond substituents is 1. The summed E-state index contributed by atoms with van der Waals surface area (Å²) in [6.45, 7) is 16.3. The third-order valence-electron chi connectivity index (χ3n) is 4.80. The SMILES string of the molecule is CC(C)(C)C(C)(Cc1ccc(O)cc1)C(C)(C)C. The summed E-state index contributed by atoms with van der Waals surface area (Å²) in [6, 6.07) is 7.62. The summed E-state index contributed by atoms with van der Waals surface area (Å²) >= 11 is 0. The summed E-state index contributed by atoms with van der Waals surface area (Å²) in [5.41, 5.74) is 1.93. The second-order valence-electron chi connectivity index (χ2n) is 7.68. The molecule has 18 heavy (non-hydrogen) atoms. The van der Waals surface area contributed by atoms with Gasteiger partial charge in [-0.25, -0.2) is 0 Å². The van der Waals surface area contributed by atoms with E-state index in [1.807, 2.05) is 12.1 Å². The van der Waals surface area contributed by atoms with Gasteiger partial charge < -0.3 is 5.11 Å². The van der Waals surface area contributed by atoms with Gasteiger partial charge in [0.15, 0.2) is 0 Å². The maximum absolute atomic E-state index is 9.37. The molecule has 1 aromatic carbocycles. The predicted octanol–water partition coefficient (Wildman–Crippen LogP) is 5.03. The van der Waals surface area contributed by atoms with Crippen LogP contribution in [0.25, 0.3) is 0 Å². The summed E-state index contributed by atoms with van der Waals surface area (Å²) in [5.74, 6) is 0.340. The largest absolute Gasteiger partial charge is 0.508 e. The molecule has 1 rings (SSSR count). The number of rotatable bonds is 2. The van der Waals surface area contributed by atoms with E-state index in [1.165, 1.54) is 5.56 Å². The minimum Gasteiger partial charge on any atom is -0.508 e. The van der Waals surface area contributed by atoms with Crippen LogP contribution < -0.4 is 0 Å². The van der Waals surface area contributed by atoms with Crippen molar-refractivity contribution in [2.45, 2.75) is 54.9 Å². The van der Waals surface area contributed by atoms with E-state index in [0.717, 1.165) is 6.42 Å². The van der Waals surface area contributed by atoms with Crippen molar-refractivity contribution in [1.29, 1.82) is 0 Å². The van der Waals surface area contributed by atoms with Gasteiger partial charge in [-0.3, -0.25) is 0 Å². The molecule has 0 fully saturated rings. The van der Waals surface area contributed by atoms with Crippen LogP contribution in [0.2, 0.25) is 0 Å². The lowest BCUT2D eigenvalue weighted by Gasteiger charge is -2.52. The number of hydrogen-bond acceptors (Lipinski definition) is 1. The zero-order chi connectivity index (χ0) is 14.2. The molecule has 0 aliphatic rings. The van der Waals surface area contributed by atoms with Gasteiger partial charge in [-0.2, -0.15) is 0 Å². The van der Waals surface area contributed by atoms with Crippen molar-refractivity contribution in [1.82, 2.24) is 0 Å². The Labute approximate surface area is 112 Å². The Morgan fingerprint density at radius 1 is 0.778 bits per heavy atom. The Hall–Kier alpha value is -0.980. The highest BCUT2D eigenvalue weighted by molar-refractivity contribution is 5.27. The van der Waals surface area contributed by atoms with Gasteiger partial charge in [0.05, 0.1) is 0 Å². The molecule has 0 saturated heterocycles. The summed E-state index contributed by atoms with van der Waals surface area (Å²) in [7, 11) is 0. The molecule has 0 aliphatic heterocycles. The smallest absolute Gasteiger partial charge is 0.115 e. The van der Waals surface area contributed by atoms with Crippen molar-refractivity contribution in [3.05, 3.63) is 29.8 Å². The monoisotopic (exact) mass is 248 g/mol. The van der Waals surface area contributed by atoms with Gasteiger partial charge in [0.25, 0.3) is 0 Å². The van der Waals surface area contributed by atoms with Gasteiger partial charge in [0, 0.05) is 0 Å². The molecule has 1 nitrogen and oxygen atoms in total. The van der Waals surface area contributed by atoms with Crippen molar-refractivity contribution in [3.63, 3.8) is 0 Å². The molecule has 102 valence electrons. The standard InChI is InChI=1S/C17H28O/c1-15(2,3)17(7,16(4,5)6)12-13-8-10-14(18)11-9-13/h8-11,18H,12H2,1-7H3. The van der Waals surface area contributed by atoms with Crippen molar-refractivity contribution in [3.8, 4) is 5.75 Å². The number of phenols is 1. The van der Waals surface area contributed by atoms with Crippen molar-refractivity contribution < 1.29 is 5.11 Å². The molecule has 0 unspecified atom stereocenters. The average molecular weight is 248 g/mol. The van der Waals surface area contributed by atoms with Crippen molar-refractivity contribution >= 4 is 0 Å². The van der Waals surface area contributed by atoms with Crippen LogP contribution in [0.15, 0.2) is 24.3 Å². The van der Waals surface area contributed by atoms with Crippen LogP contribution in [0, 0.1) is 16.2 Å². The van der Waals surface area contributed by atoms with Crippen LogP contribution in [0.1, 0.15) is 54.0 Å². The molecule has 0 saturated carbocycles. The Balaban J connectivity index is 3.12. The molecular weight excluding hydrogens is 220 g/mol. The lowest BCUT2D eigenvalue weighted by Crippen LogP contribution is -2.45. The van der Waals surface area contributed by atoms with E-state index in [2.05, 4.69) is 48.5 Å². The van der Waals surface area contributed by atoms with Crippen LogP contribution in [-0.4, -0.2) is 5.11 Å². The first-order valence-electron chi connectivity index (χ1n) is 6.75. The summed E-state index contributed by atoms with van der Waals surface area (Å²) in [6.07, 6.45) is 1.03. The predicted molar refractivity (Wildman–Crippen MR) is 78.8 cm³/mol. The molecule has 1 heteroatoms. The third-order valence-corrected chi connectivity index (χ3v) is 4.80. The zero-order valence-electron chi connectivity index (χ0n) is 13.0. The van der Waals surface area contributed by atoms with E-state index < -0.39 is 0 Å². The lowest BCUT2D eigenvalue weighted by atomic mass is 9.53. The maximum atomic E-state index is 9.37. The first-order valence-corrected chi connectivity index (χ1v) is 6.75. The van der Waals surface area contributed by atoms with Crippen molar-refractivity contribution in [2.24, 2.45) is 16.2 Å². The maximum Gasteiger partial charge on any atom is 0.115 e. The molecular formula is C17H28O. The minimum atomic E-state index is 0.191. The van der Waals surface area contributed by atoms with Gasteiger partial charge in [0.1, 0.15) is 5.75 Å². The Bertz CT molecular complexity index is 373. The molecule has 1 N–H and O–H groups in total. The molecule has 0 spiro atoms. The highest BCUT2D eigenvalue weighted by Gasteiger charge is 2.46. The first-order chi connectivity index (χ1) is 7.97. The Morgan fingerprint density at radius 2 is 1.17 bits per heavy atom. The second-order valence-corrected chi connectivity index (χ2v) is 7.68. The minimum absolute atomic E-state index is 0.191. The highest BCUT2D eigenvalue weighted by Crippen LogP contribution is 2.53. The van der Waals surface area contributed by atoms with Gasteiger partial charge in [-0.05, 0) is 40.4 Å². The van der Waals surface area contributed by atoms with Gasteiger partial charge >= 0.3 is 0 Å². The van der Waals surface area contributed by atoms with E-state index in [9.17, 15) is 5.11 Å². The highest BCUT2D eigenvalue weighted by atomic mass is 16.3. The number of benzene rings is 1. The molecule has 0 aliphatic carbocycles. The van der Waals surface area contributed by atoms with E-state index in [4.69, 9.17) is 0 Å². The van der Waals surface area contributed by atoms with Gasteiger partial charge in [-0.15, -0.1) is 0 Å². The van der Waals surface area contributed by atoms with Crippen molar-refractivity contribution in [2.75, 3.05) is 0 Å². The molecule has 0 heterocycles. The number of aromatic hydroxyl groups is 1. The van der Waals surface area contributed by atoms with Crippen LogP contribution in [0.4, 0.5) is 0 Å². The van der Waals surface area contributed by atoms with E-state index in [1.54, 1.807) is 12.1 Å². The fourth-order valence-corrected chi connectivity index (χ4v) is 2.68. The quantitative estimate of drug-likeness (QED) is 0.778. The summed E-state index contributed by atoms with van der Waals surface area (Å²) in [5, 5.41) is 9.37. The van der Waals surface area contributed by atoms with E-state index >= 15 is 0 Å². The fourth-order valence-electron chi connectivity index (χ4n) is 2.68. The van der Waals surface area contributed by atoms with Crippen LogP contribution in [0.3, 0.4) is 0 Å². The van der Waals surface area contributed by atoms with Gasteiger partial charge in [-0.1, -0.05) is 60.6 Å². The molecule has 0 atom stereocenters. The molecule has 0 amide bonds. The van der Waals surface area contributed by atoms with Crippen LogP contribution in [-0.2, 0) is 6.42 Å². The van der Waals surface area contributed by atoms with E-state index in [0.29, 0.717) is 5.75 Å². The molecule has 0 aromatic heterocycles. The first kappa shape index (κ1) is 15.1.